The van der Waals surface area contributed by atoms with Gasteiger partial charge in [0.2, 0.25) is 0 Å². The predicted octanol–water partition coefficient (Wildman–Crippen LogP) is 2.80. The topological polar surface area (TPSA) is 92.6 Å². The van der Waals surface area contributed by atoms with E-state index in [4.69, 9.17) is 23.2 Å². The van der Waals surface area contributed by atoms with Crippen molar-refractivity contribution < 1.29 is 18.0 Å². The first-order chi connectivity index (χ1) is 13.5. The van der Waals surface area contributed by atoms with Crippen molar-refractivity contribution in [3.8, 4) is 0 Å². The first-order valence-electron chi connectivity index (χ1n) is 8.50. The third-order valence-electron chi connectivity index (χ3n) is 4.40. The summed E-state index contributed by atoms with van der Waals surface area (Å²) in [6.45, 7) is 2.46. The Morgan fingerprint density at radius 3 is 2.45 bits per heavy atom. The van der Waals surface area contributed by atoms with Crippen molar-refractivity contribution in [2.45, 2.75) is 18.2 Å². The molecule has 29 heavy (non-hydrogen) atoms. The molecule has 0 saturated carbocycles. The monoisotopic (exact) mass is 476 g/mol. The fourth-order valence-electron chi connectivity index (χ4n) is 2.97. The van der Waals surface area contributed by atoms with Gasteiger partial charge in [-0.15, -0.1) is 11.3 Å². The number of hydrogen-bond donors (Lipinski definition) is 0. The van der Waals surface area contributed by atoms with E-state index >= 15 is 0 Å². The van der Waals surface area contributed by atoms with Crippen LogP contribution in [0, 0.1) is 6.92 Å². The molecule has 12 heteroatoms. The SMILES string of the molecule is Cc1nn(C)c(Cl)c1C=CC(=O)N1CCCN1C(=O)c1scc(S(C)(=O)=O)c1Cl. The number of amides is 2. The molecule has 3 heterocycles. The van der Waals surface area contributed by atoms with Gasteiger partial charge in [0.1, 0.15) is 10.0 Å². The molecule has 156 valence electrons. The Morgan fingerprint density at radius 1 is 1.24 bits per heavy atom. The summed E-state index contributed by atoms with van der Waals surface area (Å²) in [5.41, 5.74) is 1.30. The Kier molecular flexibility index (Phi) is 6.09. The Bertz CT molecular complexity index is 1120. The van der Waals surface area contributed by atoms with Gasteiger partial charge in [-0.05, 0) is 19.4 Å². The third-order valence-corrected chi connectivity index (χ3v) is 7.71. The molecule has 1 saturated heterocycles. The van der Waals surface area contributed by atoms with Gasteiger partial charge in [0, 0.05) is 43.4 Å². The van der Waals surface area contributed by atoms with Crippen LogP contribution < -0.4 is 0 Å². The van der Waals surface area contributed by atoms with Crippen LogP contribution in [0.15, 0.2) is 16.4 Å². The number of hydrogen-bond acceptors (Lipinski definition) is 6. The molecule has 0 radical (unpaired) electrons. The first kappa shape index (κ1) is 21.8. The average molecular weight is 477 g/mol. The van der Waals surface area contributed by atoms with Crippen LogP contribution in [0.25, 0.3) is 6.08 Å². The van der Waals surface area contributed by atoms with E-state index in [0.717, 1.165) is 17.6 Å². The lowest BCUT2D eigenvalue weighted by Gasteiger charge is -2.26. The standard InChI is InChI=1S/C17H18Cl2N4O4S2/c1-10-11(16(19)21(2)20-10)5-6-13(24)22-7-4-8-23(22)17(25)15-14(18)12(9-28-15)29(3,26)27/h5-6,9H,4,7-8H2,1-3H3. The number of halogens is 2. The summed E-state index contributed by atoms with van der Waals surface area (Å²) in [5, 5.41) is 8.40. The van der Waals surface area contributed by atoms with Gasteiger partial charge in [-0.1, -0.05) is 23.2 Å². The predicted molar refractivity (Wildman–Crippen MR) is 112 cm³/mol. The van der Waals surface area contributed by atoms with E-state index in [0.29, 0.717) is 35.9 Å². The highest BCUT2D eigenvalue weighted by Gasteiger charge is 2.33. The normalized spacial score (nSPS) is 14.9. The van der Waals surface area contributed by atoms with Gasteiger partial charge in [-0.3, -0.25) is 14.3 Å². The molecule has 0 unspecified atom stereocenters. The zero-order valence-electron chi connectivity index (χ0n) is 15.8. The summed E-state index contributed by atoms with van der Waals surface area (Å²) in [5.74, 6) is -0.907. The van der Waals surface area contributed by atoms with E-state index in [1.807, 2.05) is 0 Å². The number of carbonyl (C=O) groups is 2. The van der Waals surface area contributed by atoms with Crippen molar-refractivity contribution in [1.82, 2.24) is 19.8 Å². The lowest BCUT2D eigenvalue weighted by atomic mass is 10.2. The molecular formula is C17H18Cl2N4O4S2. The molecule has 0 N–H and O–H groups in total. The molecule has 8 nitrogen and oxygen atoms in total. The molecular weight excluding hydrogens is 459 g/mol. The van der Waals surface area contributed by atoms with Crippen LogP contribution in [-0.2, 0) is 21.7 Å². The molecule has 3 rings (SSSR count). The van der Waals surface area contributed by atoms with Crippen molar-refractivity contribution in [2.75, 3.05) is 19.3 Å². The Morgan fingerprint density at radius 2 is 1.90 bits per heavy atom. The minimum atomic E-state index is -3.55. The minimum Gasteiger partial charge on any atom is -0.268 e. The number of nitrogens with zero attached hydrogens (tertiary/aromatic N) is 4. The van der Waals surface area contributed by atoms with Gasteiger partial charge >= 0.3 is 0 Å². The average Bonchev–Trinajstić information content (AvgIpc) is 3.32. The van der Waals surface area contributed by atoms with Crippen molar-refractivity contribution in [2.24, 2.45) is 7.05 Å². The molecule has 0 spiro atoms. The van der Waals surface area contributed by atoms with Gasteiger partial charge in [0.05, 0.1) is 15.6 Å². The van der Waals surface area contributed by atoms with Crippen molar-refractivity contribution in [3.63, 3.8) is 0 Å². The largest absolute Gasteiger partial charge is 0.284 e. The van der Waals surface area contributed by atoms with Gasteiger partial charge in [0.15, 0.2) is 9.84 Å². The molecule has 2 aromatic heterocycles. The molecule has 0 atom stereocenters. The van der Waals surface area contributed by atoms with Crippen LogP contribution in [0.5, 0.6) is 0 Å². The van der Waals surface area contributed by atoms with Crippen molar-refractivity contribution in [1.29, 1.82) is 0 Å². The Hall–Kier alpha value is -1.88. The second-order valence-corrected chi connectivity index (χ2v) is 10.1. The maximum atomic E-state index is 12.9. The highest BCUT2D eigenvalue weighted by Crippen LogP contribution is 2.33. The van der Waals surface area contributed by atoms with E-state index in [9.17, 15) is 18.0 Å². The Labute approximate surface area is 182 Å². The summed E-state index contributed by atoms with van der Waals surface area (Å²) in [7, 11) is -1.85. The van der Waals surface area contributed by atoms with Gasteiger partial charge in [0.25, 0.3) is 11.8 Å². The van der Waals surface area contributed by atoms with Gasteiger partial charge in [-0.2, -0.15) is 5.10 Å². The Balaban J connectivity index is 1.83. The molecule has 2 amide bonds. The van der Waals surface area contributed by atoms with Crippen LogP contribution >= 0.6 is 34.5 Å². The quantitative estimate of drug-likeness (QED) is 0.632. The van der Waals surface area contributed by atoms with Crippen LogP contribution in [0.3, 0.4) is 0 Å². The van der Waals surface area contributed by atoms with Crippen LogP contribution in [0.4, 0.5) is 0 Å². The van der Waals surface area contributed by atoms with E-state index in [2.05, 4.69) is 5.10 Å². The molecule has 0 bridgehead atoms. The highest BCUT2D eigenvalue weighted by molar-refractivity contribution is 7.91. The summed E-state index contributed by atoms with van der Waals surface area (Å²) >= 11 is 13.2. The molecule has 1 aliphatic heterocycles. The lowest BCUT2D eigenvalue weighted by Crippen LogP contribution is -2.44. The fourth-order valence-corrected chi connectivity index (χ4v) is 6.06. The maximum absolute atomic E-state index is 12.9. The summed E-state index contributed by atoms with van der Waals surface area (Å²) in [6.07, 6.45) is 4.52. The number of aryl methyl sites for hydroxylation is 2. The summed E-state index contributed by atoms with van der Waals surface area (Å²) in [6, 6.07) is 0. The van der Waals surface area contributed by atoms with Gasteiger partial charge in [-0.25, -0.2) is 18.4 Å². The number of rotatable bonds is 4. The van der Waals surface area contributed by atoms with Gasteiger partial charge < -0.3 is 0 Å². The fraction of sp³-hybridized carbons (Fsp3) is 0.353. The zero-order valence-corrected chi connectivity index (χ0v) is 19.0. The number of sulfone groups is 1. The molecule has 0 aliphatic carbocycles. The minimum absolute atomic E-state index is 0.0851. The van der Waals surface area contributed by atoms with E-state index < -0.39 is 21.7 Å². The molecule has 0 aromatic carbocycles. The smallest absolute Gasteiger partial charge is 0.268 e. The zero-order chi connectivity index (χ0) is 21.5. The van der Waals surface area contributed by atoms with Crippen LogP contribution in [0.1, 0.15) is 27.3 Å². The summed E-state index contributed by atoms with van der Waals surface area (Å²) in [4.78, 5) is 25.6. The molecule has 1 aliphatic rings. The number of thiophene rings is 1. The summed E-state index contributed by atoms with van der Waals surface area (Å²) < 4.78 is 25.0. The lowest BCUT2D eigenvalue weighted by molar-refractivity contribution is -0.134. The molecule has 1 fully saturated rings. The number of carbonyl (C=O) groups excluding carboxylic acids is 2. The van der Waals surface area contributed by atoms with E-state index in [1.165, 1.54) is 26.2 Å². The van der Waals surface area contributed by atoms with Crippen molar-refractivity contribution in [3.05, 3.63) is 37.8 Å². The van der Waals surface area contributed by atoms with Crippen molar-refractivity contribution >= 4 is 62.3 Å². The maximum Gasteiger partial charge on any atom is 0.284 e. The van der Waals surface area contributed by atoms with Crippen LogP contribution in [0.2, 0.25) is 10.2 Å². The van der Waals surface area contributed by atoms with Crippen LogP contribution in [-0.4, -0.2) is 59.4 Å². The number of aromatic nitrogens is 2. The first-order valence-corrected chi connectivity index (χ1v) is 12.0. The van der Waals surface area contributed by atoms with E-state index in [-0.39, 0.29) is 14.8 Å². The highest BCUT2D eigenvalue weighted by atomic mass is 35.5. The van der Waals surface area contributed by atoms with E-state index in [1.54, 1.807) is 20.0 Å². The number of hydrazine groups is 1. The second-order valence-electron chi connectivity index (χ2n) is 6.51. The molecule has 2 aromatic rings. The third kappa shape index (κ3) is 4.20. The second kappa shape index (κ2) is 8.10.